The number of furan rings is 1. The number of ether oxygens (including phenoxy) is 1. The fourth-order valence-electron chi connectivity index (χ4n) is 1.73. The number of methoxy groups -OCH3 is 1. The molecule has 0 aliphatic carbocycles. The van der Waals surface area contributed by atoms with E-state index < -0.39 is 5.97 Å². The lowest BCUT2D eigenvalue weighted by Crippen LogP contribution is -1.98. The molecule has 0 amide bonds. The maximum absolute atomic E-state index is 11.3. The molecule has 1 aromatic heterocycles. The number of esters is 1. The third-order valence-corrected chi connectivity index (χ3v) is 2.95. The molecule has 3 nitrogen and oxygen atoms in total. The highest BCUT2D eigenvalue weighted by atomic mass is 35.5. The Kier molecular flexibility index (Phi) is 3.72. The minimum Gasteiger partial charge on any atom is -0.463 e. The highest BCUT2D eigenvalue weighted by Crippen LogP contribution is 2.19. The normalized spacial score (nSPS) is 10.4. The van der Waals surface area contributed by atoms with E-state index >= 15 is 0 Å². The van der Waals surface area contributed by atoms with Crippen LogP contribution in [-0.2, 0) is 11.2 Å². The van der Waals surface area contributed by atoms with Crippen LogP contribution >= 0.6 is 11.6 Å². The molecule has 0 unspecified atom stereocenters. The van der Waals surface area contributed by atoms with E-state index in [9.17, 15) is 4.79 Å². The van der Waals surface area contributed by atoms with E-state index in [2.05, 4.69) is 4.74 Å². The highest BCUT2D eigenvalue weighted by molar-refractivity contribution is 6.30. The molecular formula is C14H13ClO3. The van der Waals surface area contributed by atoms with Gasteiger partial charge < -0.3 is 9.15 Å². The molecule has 2 rings (SSSR count). The predicted octanol–water partition coefficient (Wildman–Crippen LogP) is 3.62. The summed E-state index contributed by atoms with van der Waals surface area (Å²) < 4.78 is 10.0. The second kappa shape index (κ2) is 5.27. The lowest BCUT2D eigenvalue weighted by molar-refractivity contribution is 0.0563. The number of hydrogen-bond donors (Lipinski definition) is 0. The van der Waals surface area contributed by atoms with E-state index in [4.69, 9.17) is 16.0 Å². The van der Waals surface area contributed by atoms with Crippen LogP contribution in [0.3, 0.4) is 0 Å². The highest BCUT2D eigenvalue weighted by Gasteiger charge is 2.11. The van der Waals surface area contributed by atoms with Gasteiger partial charge in [-0.15, -0.1) is 0 Å². The maximum Gasteiger partial charge on any atom is 0.373 e. The van der Waals surface area contributed by atoms with Crippen molar-refractivity contribution in [3.63, 3.8) is 0 Å². The molecule has 0 saturated carbocycles. The van der Waals surface area contributed by atoms with Gasteiger partial charge in [0.1, 0.15) is 5.76 Å². The number of carbonyl (C=O) groups is 1. The van der Waals surface area contributed by atoms with Crippen LogP contribution in [0.1, 0.15) is 27.4 Å². The Morgan fingerprint density at radius 3 is 2.78 bits per heavy atom. The SMILES string of the molecule is COC(=O)c1ccc(Cc2ccc(Cl)cc2C)o1. The van der Waals surface area contributed by atoms with E-state index in [1.807, 2.05) is 25.1 Å². The Bertz CT molecular complexity index is 572. The van der Waals surface area contributed by atoms with Gasteiger partial charge in [0.2, 0.25) is 5.76 Å². The molecule has 0 N–H and O–H groups in total. The zero-order valence-electron chi connectivity index (χ0n) is 10.2. The topological polar surface area (TPSA) is 39.4 Å². The molecule has 4 heteroatoms. The quantitative estimate of drug-likeness (QED) is 0.795. The minimum atomic E-state index is -0.464. The van der Waals surface area contributed by atoms with Crippen molar-refractivity contribution >= 4 is 17.6 Å². The first-order valence-corrected chi connectivity index (χ1v) is 5.90. The summed E-state index contributed by atoms with van der Waals surface area (Å²) in [5, 5.41) is 0.714. The van der Waals surface area contributed by atoms with Gasteiger partial charge in [0, 0.05) is 11.4 Å². The molecular weight excluding hydrogens is 252 g/mol. The van der Waals surface area contributed by atoms with Crippen LogP contribution in [0.25, 0.3) is 0 Å². The van der Waals surface area contributed by atoms with Gasteiger partial charge in [-0.3, -0.25) is 0 Å². The van der Waals surface area contributed by atoms with E-state index in [1.54, 1.807) is 12.1 Å². The first kappa shape index (κ1) is 12.7. The van der Waals surface area contributed by atoms with Crippen LogP contribution < -0.4 is 0 Å². The second-order valence-electron chi connectivity index (χ2n) is 4.01. The first-order chi connectivity index (χ1) is 8.60. The van der Waals surface area contributed by atoms with Gasteiger partial charge in [-0.1, -0.05) is 17.7 Å². The number of carbonyl (C=O) groups excluding carboxylic acids is 1. The van der Waals surface area contributed by atoms with Gasteiger partial charge in [-0.2, -0.15) is 0 Å². The second-order valence-corrected chi connectivity index (χ2v) is 4.44. The third kappa shape index (κ3) is 2.74. The standard InChI is InChI=1S/C14H13ClO3/c1-9-7-11(15)4-3-10(9)8-12-5-6-13(18-12)14(16)17-2/h3-7H,8H2,1-2H3. The molecule has 0 bridgehead atoms. The number of rotatable bonds is 3. The van der Waals surface area contributed by atoms with E-state index in [0.29, 0.717) is 11.4 Å². The first-order valence-electron chi connectivity index (χ1n) is 5.52. The van der Waals surface area contributed by atoms with E-state index in [0.717, 1.165) is 16.9 Å². The molecule has 18 heavy (non-hydrogen) atoms. The Morgan fingerprint density at radius 2 is 2.11 bits per heavy atom. The van der Waals surface area contributed by atoms with Crippen molar-refractivity contribution in [3.8, 4) is 0 Å². The van der Waals surface area contributed by atoms with Crippen LogP contribution in [0.2, 0.25) is 5.02 Å². The molecule has 0 aliphatic rings. The van der Waals surface area contributed by atoms with Crippen molar-refractivity contribution in [3.05, 3.63) is 58.0 Å². The van der Waals surface area contributed by atoms with Crippen molar-refractivity contribution < 1.29 is 13.9 Å². The average Bonchev–Trinajstić information content (AvgIpc) is 2.80. The summed E-state index contributed by atoms with van der Waals surface area (Å²) in [6, 6.07) is 9.10. The van der Waals surface area contributed by atoms with Crippen LogP contribution in [-0.4, -0.2) is 13.1 Å². The maximum atomic E-state index is 11.3. The lowest BCUT2D eigenvalue weighted by atomic mass is 10.0. The Hall–Kier alpha value is -1.74. The number of hydrogen-bond acceptors (Lipinski definition) is 3. The van der Waals surface area contributed by atoms with Gasteiger partial charge in [-0.25, -0.2) is 4.79 Å². The number of aryl methyl sites for hydroxylation is 1. The van der Waals surface area contributed by atoms with Gasteiger partial charge in [0.05, 0.1) is 7.11 Å². The molecule has 94 valence electrons. The molecule has 0 atom stereocenters. The number of benzene rings is 1. The molecule has 0 spiro atoms. The molecule has 1 heterocycles. The zero-order valence-corrected chi connectivity index (χ0v) is 11.0. The van der Waals surface area contributed by atoms with Crippen LogP contribution in [0, 0.1) is 6.92 Å². The van der Waals surface area contributed by atoms with Crippen LogP contribution in [0.15, 0.2) is 34.7 Å². The average molecular weight is 265 g/mol. The van der Waals surface area contributed by atoms with Crippen molar-refractivity contribution in [2.75, 3.05) is 7.11 Å². The van der Waals surface area contributed by atoms with Crippen LogP contribution in [0.5, 0.6) is 0 Å². The van der Waals surface area contributed by atoms with Gasteiger partial charge in [-0.05, 0) is 42.3 Å². The summed E-state index contributed by atoms with van der Waals surface area (Å²) in [5.74, 6) is 0.481. The van der Waals surface area contributed by atoms with Gasteiger partial charge in [0.25, 0.3) is 0 Å². The zero-order chi connectivity index (χ0) is 13.1. The Balaban J connectivity index is 2.18. The van der Waals surface area contributed by atoms with Gasteiger partial charge >= 0.3 is 5.97 Å². The van der Waals surface area contributed by atoms with Crippen molar-refractivity contribution in [2.45, 2.75) is 13.3 Å². The van der Waals surface area contributed by atoms with Crippen molar-refractivity contribution in [1.82, 2.24) is 0 Å². The van der Waals surface area contributed by atoms with E-state index in [1.165, 1.54) is 7.11 Å². The fraction of sp³-hybridized carbons (Fsp3) is 0.214. The predicted molar refractivity (Wildman–Crippen MR) is 69.0 cm³/mol. The largest absolute Gasteiger partial charge is 0.463 e. The fourth-order valence-corrected chi connectivity index (χ4v) is 1.96. The minimum absolute atomic E-state index is 0.221. The molecule has 0 radical (unpaired) electrons. The van der Waals surface area contributed by atoms with Crippen LogP contribution in [0.4, 0.5) is 0 Å². The Morgan fingerprint density at radius 1 is 1.33 bits per heavy atom. The Labute approximate surface area is 110 Å². The summed E-state index contributed by atoms with van der Waals surface area (Å²) in [7, 11) is 1.33. The monoisotopic (exact) mass is 264 g/mol. The van der Waals surface area contributed by atoms with Crippen molar-refractivity contribution in [2.24, 2.45) is 0 Å². The number of halogens is 1. The smallest absolute Gasteiger partial charge is 0.373 e. The van der Waals surface area contributed by atoms with Crippen molar-refractivity contribution in [1.29, 1.82) is 0 Å². The summed E-state index contributed by atoms with van der Waals surface area (Å²) in [6.07, 6.45) is 0.625. The summed E-state index contributed by atoms with van der Waals surface area (Å²) in [6.45, 7) is 1.99. The summed E-state index contributed by atoms with van der Waals surface area (Å²) in [5.41, 5.74) is 2.21. The van der Waals surface area contributed by atoms with E-state index in [-0.39, 0.29) is 5.76 Å². The third-order valence-electron chi connectivity index (χ3n) is 2.72. The molecule has 0 saturated heterocycles. The molecule has 1 aromatic carbocycles. The molecule has 0 aliphatic heterocycles. The summed E-state index contributed by atoms with van der Waals surface area (Å²) in [4.78, 5) is 11.3. The van der Waals surface area contributed by atoms with Gasteiger partial charge in [0.15, 0.2) is 0 Å². The summed E-state index contributed by atoms with van der Waals surface area (Å²) >= 11 is 5.90. The molecule has 0 fully saturated rings. The molecule has 2 aromatic rings. The lowest BCUT2D eigenvalue weighted by Gasteiger charge is -2.04.